The molecule has 7 heteroatoms. The third-order valence-electron chi connectivity index (χ3n) is 6.30. The number of benzene rings is 2. The van der Waals surface area contributed by atoms with Gasteiger partial charge in [-0.2, -0.15) is 0 Å². The van der Waals surface area contributed by atoms with Crippen molar-refractivity contribution in [1.82, 2.24) is 20.2 Å². The normalized spacial score (nSPS) is 15.9. The Hall–Kier alpha value is -2.80. The van der Waals surface area contributed by atoms with Gasteiger partial charge in [0.1, 0.15) is 11.9 Å². The summed E-state index contributed by atoms with van der Waals surface area (Å²) >= 11 is 0. The Bertz CT molecular complexity index is 992. The fraction of sp³-hybridized carbons (Fsp3) is 0.458. The molecule has 0 spiro atoms. The van der Waals surface area contributed by atoms with E-state index in [1.165, 1.54) is 28.9 Å². The van der Waals surface area contributed by atoms with Crippen LogP contribution < -0.4 is 9.80 Å². The third kappa shape index (κ3) is 4.93. The van der Waals surface area contributed by atoms with E-state index in [1.807, 2.05) is 4.68 Å². The highest BCUT2D eigenvalue weighted by molar-refractivity contribution is 5.55. The van der Waals surface area contributed by atoms with Gasteiger partial charge in [0.15, 0.2) is 0 Å². The van der Waals surface area contributed by atoms with Gasteiger partial charge in [0.25, 0.3) is 0 Å². The Morgan fingerprint density at radius 3 is 2.52 bits per heavy atom. The second kappa shape index (κ2) is 9.56. The van der Waals surface area contributed by atoms with Crippen LogP contribution in [0.2, 0.25) is 0 Å². The van der Waals surface area contributed by atoms with E-state index in [2.05, 4.69) is 59.4 Å². The molecule has 2 heterocycles. The van der Waals surface area contributed by atoms with Gasteiger partial charge >= 0.3 is 0 Å². The van der Waals surface area contributed by atoms with Crippen molar-refractivity contribution in [2.45, 2.75) is 46.2 Å². The number of halogens is 1. The molecule has 0 bridgehead atoms. The molecule has 3 aromatic rings. The van der Waals surface area contributed by atoms with Crippen molar-refractivity contribution in [2.75, 3.05) is 31.1 Å². The van der Waals surface area contributed by atoms with Crippen molar-refractivity contribution >= 4 is 5.69 Å². The number of hydrogen-bond acceptors (Lipinski definition) is 4. The van der Waals surface area contributed by atoms with Gasteiger partial charge in [-0.05, 0) is 59.2 Å². The van der Waals surface area contributed by atoms with E-state index in [9.17, 15) is 4.39 Å². The Kier molecular flexibility index (Phi) is 6.61. The minimum atomic E-state index is -0.226. The lowest BCUT2D eigenvalue weighted by Crippen LogP contribution is -3.15. The van der Waals surface area contributed by atoms with Crippen LogP contribution in [0.1, 0.15) is 48.3 Å². The quantitative estimate of drug-likeness (QED) is 0.635. The van der Waals surface area contributed by atoms with Crippen LogP contribution in [0, 0.1) is 19.7 Å². The van der Waals surface area contributed by atoms with Crippen molar-refractivity contribution < 1.29 is 9.29 Å². The fourth-order valence-corrected chi connectivity index (χ4v) is 4.58. The van der Waals surface area contributed by atoms with Gasteiger partial charge in [-0.15, -0.1) is 5.10 Å². The topological polar surface area (TPSA) is 51.3 Å². The number of nitrogens with one attached hydrogen (secondary N) is 1. The average molecular weight is 424 g/mol. The number of aromatic nitrogens is 4. The number of aryl methyl sites for hydroxylation is 2. The summed E-state index contributed by atoms with van der Waals surface area (Å²) in [6.07, 6.45) is 2.13. The maximum atomic E-state index is 13.3. The van der Waals surface area contributed by atoms with Crippen molar-refractivity contribution in [2.24, 2.45) is 0 Å². The number of quaternary nitrogens is 1. The molecule has 1 aliphatic rings. The summed E-state index contributed by atoms with van der Waals surface area (Å²) in [5, 5.41) is 12.7. The highest BCUT2D eigenvalue weighted by Gasteiger charge is 2.32. The van der Waals surface area contributed by atoms with Gasteiger partial charge < -0.3 is 9.80 Å². The highest BCUT2D eigenvalue weighted by Crippen LogP contribution is 2.22. The Balaban J connectivity index is 1.48. The average Bonchev–Trinajstić information content (AvgIpc) is 3.23. The summed E-state index contributed by atoms with van der Waals surface area (Å²) in [4.78, 5) is 4.05. The van der Waals surface area contributed by atoms with Crippen LogP contribution in [-0.4, -0.2) is 46.4 Å². The molecule has 1 N–H and O–H groups in total. The molecule has 4 rings (SSSR count). The van der Waals surface area contributed by atoms with Gasteiger partial charge in [0.2, 0.25) is 5.82 Å². The molecule has 6 nitrogen and oxygen atoms in total. The lowest BCUT2D eigenvalue weighted by Gasteiger charge is -2.37. The van der Waals surface area contributed by atoms with Gasteiger partial charge in [-0.25, -0.2) is 9.07 Å². The minimum Gasteiger partial charge on any atom is -0.360 e. The predicted molar refractivity (Wildman–Crippen MR) is 120 cm³/mol. The molecule has 1 aliphatic heterocycles. The molecule has 1 fully saturated rings. The van der Waals surface area contributed by atoms with Crippen LogP contribution >= 0.6 is 0 Å². The van der Waals surface area contributed by atoms with Crippen LogP contribution in [0.3, 0.4) is 0 Å². The molecule has 0 radical (unpaired) electrons. The number of tetrazole rings is 1. The maximum Gasteiger partial charge on any atom is 0.209 e. The zero-order chi connectivity index (χ0) is 21.8. The SMILES string of the molecule is CCC[C@H](c1nnnn1Cc1ccc(F)cc1)[NH+]1CCN(c2cc(C)ccc2C)CC1. The van der Waals surface area contributed by atoms with Crippen LogP contribution in [0.5, 0.6) is 0 Å². The van der Waals surface area contributed by atoms with Crippen molar-refractivity contribution in [3.8, 4) is 0 Å². The van der Waals surface area contributed by atoms with E-state index in [0.717, 1.165) is 50.4 Å². The van der Waals surface area contributed by atoms with Crippen LogP contribution in [0.4, 0.5) is 10.1 Å². The van der Waals surface area contributed by atoms with Crippen molar-refractivity contribution in [3.63, 3.8) is 0 Å². The molecule has 1 atom stereocenters. The summed E-state index contributed by atoms with van der Waals surface area (Å²) in [7, 11) is 0. The number of rotatable bonds is 7. The molecule has 0 unspecified atom stereocenters. The Labute approximate surface area is 183 Å². The van der Waals surface area contributed by atoms with E-state index in [-0.39, 0.29) is 11.9 Å². The molecule has 164 valence electrons. The number of nitrogens with zero attached hydrogens (tertiary/aromatic N) is 5. The zero-order valence-electron chi connectivity index (χ0n) is 18.7. The van der Waals surface area contributed by atoms with Gasteiger partial charge in [-0.3, -0.25) is 0 Å². The molecule has 0 amide bonds. The van der Waals surface area contributed by atoms with Gasteiger partial charge in [-0.1, -0.05) is 37.6 Å². The first-order valence-electron chi connectivity index (χ1n) is 11.2. The number of hydrogen-bond donors (Lipinski definition) is 1. The Morgan fingerprint density at radius 2 is 1.81 bits per heavy atom. The highest BCUT2D eigenvalue weighted by atomic mass is 19.1. The standard InChI is InChI=1S/C24H31FN6/c1-4-5-22(24-26-27-28-31(24)17-20-8-10-21(25)11-9-20)29-12-14-30(15-13-29)23-16-18(2)6-7-19(23)3/h6-11,16,22H,4-5,12-15,17H2,1-3H3/p+1/t22-/m1/s1. The third-order valence-corrected chi connectivity index (χ3v) is 6.30. The minimum absolute atomic E-state index is 0.226. The summed E-state index contributed by atoms with van der Waals surface area (Å²) in [6, 6.07) is 13.5. The first kappa shape index (κ1) is 21.4. The molecule has 31 heavy (non-hydrogen) atoms. The number of piperazine rings is 1. The lowest BCUT2D eigenvalue weighted by molar-refractivity contribution is -0.933. The van der Waals surface area contributed by atoms with Crippen LogP contribution in [0.15, 0.2) is 42.5 Å². The molecule has 0 saturated carbocycles. The molecular weight excluding hydrogens is 391 g/mol. The van der Waals surface area contributed by atoms with Crippen molar-refractivity contribution in [1.29, 1.82) is 0 Å². The second-order valence-corrected chi connectivity index (χ2v) is 8.60. The molecule has 1 aromatic heterocycles. The Morgan fingerprint density at radius 1 is 1.06 bits per heavy atom. The van der Waals surface area contributed by atoms with Crippen molar-refractivity contribution in [3.05, 3.63) is 70.8 Å². The summed E-state index contributed by atoms with van der Waals surface area (Å²) < 4.78 is 15.1. The zero-order valence-corrected chi connectivity index (χ0v) is 18.7. The summed E-state index contributed by atoms with van der Waals surface area (Å²) in [5.74, 6) is 0.706. The van der Waals surface area contributed by atoms with E-state index < -0.39 is 0 Å². The molecule has 0 aliphatic carbocycles. The van der Waals surface area contributed by atoms with Crippen LogP contribution in [-0.2, 0) is 6.54 Å². The first-order valence-corrected chi connectivity index (χ1v) is 11.2. The summed E-state index contributed by atoms with van der Waals surface area (Å²) in [6.45, 7) is 11.3. The second-order valence-electron chi connectivity index (χ2n) is 8.60. The smallest absolute Gasteiger partial charge is 0.209 e. The summed E-state index contributed by atoms with van der Waals surface area (Å²) in [5.41, 5.74) is 4.99. The largest absolute Gasteiger partial charge is 0.360 e. The fourth-order valence-electron chi connectivity index (χ4n) is 4.58. The molecule has 2 aromatic carbocycles. The molecular formula is C24H32FN6+. The molecule has 1 saturated heterocycles. The van der Waals surface area contributed by atoms with E-state index in [4.69, 9.17) is 0 Å². The van der Waals surface area contributed by atoms with Crippen LogP contribution in [0.25, 0.3) is 0 Å². The van der Waals surface area contributed by atoms with E-state index >= 15 is 0 Å². The van der Waals surface area contributed by atoms with E-state index in [0.29, 0.717) is 6.54 Å². The lowest BCUT2D eigenvalue weighted by atomic mass is 10.1. The maximum absolute atomic E-state index is 13.3. The number of anilines is 1. The predicted octanol–water partition coefficient (Wildman–Crippen LogP) is 2.72. The van der Waals surface area contributed by atoms with Gasteiger partial charge in [0, 0.05) is 12.1 Å². The van der Waals surface area contributed by atoms with Gasteiger partial charge in [0.05, 0.1) is 32.7 Å². The van der Waals surface area contributed by atoms with E-state index in [1.54, 1.807) is 17.0 Å². The first-order chi connectivity index (χ1) is 15.0. The monoisotopic (exact) mass is 423 g/mol.